The van der Waals surface area contributed by atoms with Crippen LogP contribution in [0.3, 0.4) is 0 Å². The highest BCUT2D eigenvalue weighted by Gasteiger charge is 2.27. The zero-order valence-corrected chi connectivity index (χ0v) is 14.7. The molecule has 0 spiro atoms. The summed E-state index contributed by atoms with van der Waals surface area (Å²) in [5.41, 5.74) is 1.51. The minimum atomic E-state index is -0.554. The number of rotatable bonds is 3. The van der Waals surface area contributed by atoms with Crippen LogP contribution in [0.1, 0.15) is 19.4 Å². The minimum absolute atomic E-state index is 0.0814. The third-order valence-corrected chi connectivity index (χ3v) is 4.67. The molecule has 2 aromatic rings. The van der Waals surface area contributed by atoms with E-state index in [0.29, 0.717) is 13.1 Å². The minimum Gasteiger partial charge on any atom is -0.368 e. The highest BCUT2D eigenvalue weighted by atomic mass is 19.1. The average molecular weight is 341 g/mol. The summed E-state index contributed by atoms with van der Waals surface area (Å²) < 4.78 is 13.1. The summed E-state index contributed by atoms with van der Waals surface area (Å²) in [6.45, 7) is 6.85. The Balaban J connectivity index is 1.58. The monoisotopic (exact) mass is 341 g/mol. The topological polar surface area (TPSA) is 35.6 Å². The van der Waals surface area contributed by atoms with Crippen LogP contribution < -0.4 is 10.2 Å². The Morgan fingerprint density at radius 1 is 0.960 bits per heavy atom. The van der Waals surface area contributed by atoms with Gasteiger partial charge in [-0.05, 0) is 43.7 Å². The molecule has 1 fully saturated rings. The van der Waals surface area contributed by atoms with Crippen LogP contribution in [0, 0.1) is 5.82 Å². The van der Waals surface area contributed by atoms with E-state index < -0.39 is 5.54 Å². The Bertz CT molecular complexity index is 707. The lowest BCUT2D eigenvalue weighted by Crippen LogP contribution is -2.55. The van der Waals surface area contributed by atoms with Gasteiger partial charge in [-0.3, -0.25) is 0 Å². The number of urea groups is 1. The molecular formula is C20H24FN3O. The number of hydrogen-bond donors (Lipinski definition) is 1. The van der Waals surface area contributed by atoms with Crippen molar-refractivity contribution in [3.05, 3.63) is 66.0 Å². The van der Waals surface area contributed by atoms with Crippen molar-refractivity contribution in [2.75, 3.05) is 31.1 Å². The first-order chi connectivity index (χ1) is 12.0. The van der Waals surface area contributed by atoms with E-state index in [4.69, 9.17) is 0 Å². The van der Waals surface area contributed by atoms with Crippen molar-refractivity contribution in [3.8, 4) is 0 Å². The van der Waals surface area contributed by atoms with Crippen molar-refractivity contribution in [2.45, 2.75) is 19.4 Å². The first-order valence-electron chi connectivity index (χ1n) is 8.59. The second-order valence-electron chi connectivity index (χ2n) is 6.87. The van der Waals surface area contributed by atoms with Crippen molar-refractivity contribution >= 4 is 11.7 Å². The molecule has 0 aliphatic carbocycles. The number of carbonyl (C=O) groups excluding carboxylic acids is 1. The lowest BCUT2D eigenvalue weighted by Gasteiger charge is -2.38. The summed E-state index contributed by atoms with van der Waals surface area (Å²) in [7, 11) is 0. The normalized spacial score (nSPS) is 15.2. The standard InChI is InChI=1S/C20H24FN3O/c1-20(2,16-8-10-17(21)11-9-16)22-19(25)24-14-12-23(13-15-24)18-6-4-3-5-7-18/h3-11H,12-15H2,1-2H3,(H,22,25). The van der Waals surface area contributed by atoms with Crippen LogP contribution >= 0.6 is 0 Å². The van der Waals surface area contributed by atoms with Gasteiger partial charge in [0.15, 0.2) is 0 Å². The van der Waals surface area contributed by atoms with Crippen LogP contribution in [0.15, 0.2) is 54.6 Å². The van der Waals surface area contributed by atoms with Gasteiger partial charge in [-0.25, -0.2) is 9.18 Å². The fourth-order valence-electron chi connectivity index (χ4n) is 3.09. The molecule has 2 aromatic carbocycles. The van der Waals surface area contributed by atoms with Crippen LogP contribution in [0.4, 0.5) is 14.9 Å². The quantitative estimate of drug-likeness (QED) is 0.926. The maximum absolute atomic E-state index is 13.1. The van der Waals surface area contributed by atoms with Crippen LogP contribution in [0.2, 0.25) is 0 Å². The Labute approximate surface area is 148 Å². The molecule has 3 rings (SSSR count). The van der Waals surface area contributed by atoms with E-state index in [0.717, 1.165) is 18.7 Å². The predicted molar refractivity (Wildman–Crippen MR) is 98.2 cm³/mol. The van der Waals surface area contributed by atoms with Crippen molar-refractivity contribution in [1.82, 2.24) is 10.2 Å². The molecule has 1 N–H and O–H groups in total. The van der Waals surface area contributed by atoms with Gasteiger partial charge in [-0.1, -0.05) is 30.3 Å². The van der Waals surface area contributed by atoms with Gasteiger partial charge >= 0.3 is 6.03 Å². The largest absolute Gasteiger partial charge is 0.368 e. The van der Waals surface area contributed by atoms with Gasteiger partial charge < -0.3 is 15.1 Å². The van der Waals surface area contributed by atoms with E-state index in [9.17, 15) is 9.18 Å². The molecule has 0 atom stereocenters. The molecule has 5 heteroatoms. The maximum Gasteiger partial charge on any atom is 0.318 e. The van der Waals surface area contributed by atoms with E-state index in [1.54, 1.807) is 12.1 Å². The van der Waals surface area contributed by atoms with Gasteiger partial charge in [0.2, 0.25) is 0 Å². The molecule has 4 nitrogen and oxygen atoms in total. The predicted octanol–water partition coefficient (Wildman–Crippen LogP) is 3.59. The fourth-order valence-corrected chi connectivity index (χ4v) is 3.09. The smallest absolute Gasteiger partial charge is 0.318 e. The number of halogens is 1. The number of para-hydroxylation sites is 1. The second kappa shape index (κ2) is 7.13. The molecule has 132 valence electrons. The van der Waals surface area contributed by atoms with Gasteiger partial charge in [0.1, 0.15) is 5.82 Å². The van der Waals surface area contributed by atoms with Crippen molar-refractivity contribution in [2.24, 2.45) is 0 Å². The highest BCUT2D eigenvalue weighted by molar-refractivity contribution is 5.75. The summed E-state index contributed by atoms with van der Waals surface area (Å²) in [6, 6.07) is 16.4. The summed E-state index contributed by atoms with van der Waals surface area (Å²) in [5, 5.41) is 3.06. The van der Waals surface area contributed by atoms with Crippen molar-refractivity contribution in [3.63, 3.8) is 0 Å². The number of hydrogen-bond acceptors (Lipinski definition) is 2. The zero-order chi connectivity index (χ0) is 17.9. The molecule has 0 bridgehead atoms. The lowest BCUT2D eigenvalue weighted by molar-refractivity contribution is 0.183. The number of nitrogens with one attached hydrogen (secondary N) is 1. The summed E-state index contributed by atoms with van der Waals surface area (Å²) in [5.74, 6) is -0.275. The Morgan fingerprint density at radius 2 is 1.56 bits per heavy atom. The number of amides is 2. The number of piperazine rings is 1. The van der Waals surface area contributed by atoms with Crippen LogP contribution in [0.25, 0.3) is 0 Å². The van der Waals surface area contributed by atoms with Crippen molar-refractivity contribution in [1.29, 1.82) is 0 Å². The van der Waals surface area contributed by atoms with Gasteiger partial charge in [0.05, 0.1) is 5.54 Å². The SMILES string of the molecule is CC(C)(NC(=O)N1CCN(c2ccccc2)CC1)c1ccc(F)cc1. The molecular weight excluding hydrogens is 317 g/mol. The van der Waals surface area contributed by atoms with Crippen LogP contribution in [-0.2, 0) is 5.54 Å². The molecule has 1 aliphatic heterocycles. The lowest BCUT2D eigenvalue weighted by atomic mass is 9.94. The molecule has 0 saturated carbocycles. The highest BCUT2D eigenvalue weighted by Crippen LogP contribution is 2.21. The van der Waals surface area contributed by atoms with E-state index in [2.05, 4.69) is 22.3 Å². The first kappa shape index (κ1) is 17.3. The maximum atomic E-state index is 13.1. The van der Waals surface area contributed by atoms with Crippen molar-refractivity contribution < 1.29 is 9.18 Å². The molecule has 1 heterocycles. The second-order valence-corrected chi connectivity index (χ2v) is 6.87. The third-order valence-electron chi connectivity index (χ3n) is 4.67. The molecule has 25 heavy (non-hydrogen) atoms. The first-order valence-corrected chi connectivity index (χ1v) is 8.59. The summed E-state index contributed by atoms with van der Waals surface area (Å²) >= 11 is 0. The van der Waals surface area contributed by atoms with Gasteiger partial charge in [0.25, 0.3) is 0 Å². The number of nitrogens with zero attached hydrogens (tertiary/aromatic N) is 2. The molecule has 0 aromatic heterocycles. The summed E-state index contributed by atoms with van der Waals surface area (Å²) in [4.78, 5) is 16.7. The van der Waals surface area contributed by atoms with E-state index in [-0.39, 0.29) is 11.8 Å². The van der Waals surface area contributed by atoms with Gasteiger partial charge in [-0.15, -0.1) is 0 Å². The summed E-state index contributed by atoms with van der Waals surface area (Å²) in [6.07, 6.45) is 0. The Hall–Kier alpha value is -2.56. The Morgan fingerprint density at radius 3 is 2.16 bits per heavy atom. The number of carbonyl (C=O) groups is 1. The average Bonchev–Trinajstić information content (AvgIpc) is 2.62. The van der Waals surface area contributed by atoms with E-state index in [1.165, 1.54) is 17.8 Å². The zero-order valence-electron chi connectivity index (χ0n) is 14.7. The van der Waals surface area contributed by atoms with E-state index >= 15 is 0 Å². The molecule has 1 saturated heterocycles. The van der Waals surface area contributed by atoms with E-state index in [1.807, 2.05) is 36.9 Å². The molecule has 0 unspecified atom stereocenters. The molecule has 0 radical (unpaired) electrons. The number of benzene rings is 2. The molecule has 1 aliphatic rings. The number of anilines is 1. The molecule has 2 amide bonds. The van der Waals surface area contributed by atoms with Crippen LogP contribution in [0.5, 0.6) is 0 Å². The fraction of sp³-hybridized carbons (Fsp3) is 0.350. The van der Waals surface area contributed by atoms with Crippen LogP contribution in [-0.4, -0.2) is 37.1 Å². The van der Waals surface area contributed by atoms with Gasteiger partial charge in [0, 0.05) is 31.9 Å². The Kier molecular flexibility index (Phi) is 4.93. The van der Waals surface area contributed by atoms with Gasteiger partial charge in [-0.2, -0.15) is 0 Å². The third kappa shape index (κ3) is 4.10.